The maximum Gasteiger partial charge on any atom is 0.163 e. The molecule has 0 saturated heterocycles. The van der Waals surface area contributed by atoms with Gasteiger partial charge in [0.15, 0.2) is 5.78 Å². The van der Waals surface area contributed by atoms with Gasteiger partial charge in [-0.15, -0.1) is 0 Å². The van der Waals surface area contributed by atoms with Crippen LogP contribution in [-0.4, -0.2) is 12.9 Å². The minimum absolute atomic E-state index is 0.0948. The zero-order chi connectivity index (χ0) is 20.2. The molecule has 0 amide bonds. The Morgan fingerprint density at radius 1 is 0.966 bits per heavy atom. The molecule has 0 fully saturated rings. The van der Waals surface area contributed by atoms with Gasteiger partial charge in [-0.2, -0.15) is 0 Å². The molecule has 29 heavy (non-hydrogen) atoms. The van der Waals surface area contributed by atoms with Gasteiger partial charge >= 0.3 is 0 Å². The van der Waals surface area contributed by atoms with E-state index in [1.807, 2.05) is 24.3 Å². The summed E-state index contributed by atoms with van der Waals surface area (Å²) in [4.78, 5) is 13.3. The fraction of sp³-hybridized carbons (Fsp3) is 0.269. The lowest BCUT2D eigenvalue weighted by Gasteiger charge is -2.38. The van der Waals surface area contributed by atoms with Crippen molar-refractivity contribution in [2.45, 2.75) is 32.6 Å². The molecule has 3 aromatic rings. The van der Waals surface area contributed by atoms with E-state index in [4.69, 9.17) is 9.47 Å². The Kier molecular flexibility index (Phi) is 4.02. The van der Waals surface area contributed by atoms with E-state index in [1.165, 1.54) is 0 Å². The lowest BCUT2D eigenvalue weighted by molar-refractivity contribution is -0.118. The molecular formula is C26H24O3. The highest BCUT2D eigenvalue weighted by atomic mass is 16.5. The number of methoxy groups -OCH3 is 1. The molecule has 0 bridgehead atoms. The van der Waals surface area contributed by atoms with E-state index in [0.29, 0.717) is 6.42 Å². The van der Waals surface area contributed by atoms with E-state index in [1.54, 1.807) is 7.11 Å². The summed E-state index contributed by atoms with van der Waals surface area (Å²) in [5.74, 6) is 2.60. The molecule has 3 heteroatoms. The summed E-state index contributed by atoms with van der Waals surface area (Å²) in [6.45, 7) is 4.28. The predicted molar refractivity (Wildman–Crippen MR) is 114 cm³/mol. The number of rotatable bonds is 2. The molecular weight excluding hydrogens is 360 g/mol. The Bertz CT molecular complexity index is 1150. The van der Waals surface area contributed by atoms with E-state index in [2.05, 4.69) is 50.2 Å². The first-order chi connectivity index (χ1) is 14.0. The number of benzene rings is 3. The molecule has 0 spiro atoms. The number of carbonyl (C=O) groups is 1. The average Bonchev–Trinajstić information content (AvgIpc) is 2.71. The van der Waals surface area contributed by atoms with Crippen LogP contribution in [0, 0.1) is 5.41 Å². The van der Waals surface area contributed by atoms with Crippen LogP contribution in [0.4, 0.5) is 0 Å². The molecule has 5 rings (SSSR count). The first-order valence-corrected chi connectivity index (χ1v) is 10.1. The molecule has 0 radical (unpaired) electrons. The Hall–Kier alpha value is -3.07. The summed E-state index contributed by atoms with van der Waals surface area (Å²) in [7, 11) is 1.66. The molecule has 0 N–H and O–H groups in total. The Labute approximate surface area is 171 Å². The maximum atomic E-state index is 13.3. The van der Waals surface area contributed by atoms with Crippen LogP contribution in [0.2, 0.25) is 0 Å². The third-order valence-electron chi connectivity index (χ3n) is 6.06. The minimum atomic E-state index is -0.118. The van der Waals surface area contributed by atoms with Crippen molar-refractivity contribution in [1.82, 2.24) is 0 Å². The Morgan fingerprint density at radius 3 is 2.48 bits per heavy atom. The number of fused-ring (bicyclic) bond motifs is 3. The highest BCUT2D eigenvalue weighted by Gasteiger charge is 2.42. The number of hydrogen-bond donors (Lipinski definition) is 0. The third kappa shape index (κ3) is 2.93. The second kappa shape index (κ2) is 6.48. The van der Waals surface area contributed by atoms with Crippen LogP contribution in [0.15, 0.2) is 72.0 Å². The van der Waals surface area contributed by atoms with Crippen molar-refractivity contribution in [2.75, 3.05) is 7.11 Å². The first-order valence-electron chi connectivity index (χ1n) is 10.1. The molecule has 146 valence electrons. The number of ether oxygens (including phenoxy) is 2. The zero-order valence-electron chi connectivity index (χ0n) is 17.0. The van der Waals surface area contributed by atoms with Crippen LogP contribution in [-0.2, 0) is 4.79 Å². The largest absolute Gasteiger partial charge is 0.497 e. The summed E-state index contributed by atoms with van der Waals surface area (Å²) in [5, 5.41) is 2.23. The molecule has 0 saturated carbocycles. The van der Waals surface area contributed by atoms with E-state index in [-0.39, 0.29) is 17.1 Å². The molecule has 1 unspecified atom stereocenters. The number of carbonyl (C=O) groups excluding carboxylic acids is 1. The predicted octanol–water partition coefficient (Wildman–Crippen LogP) is 6.02. The summed E-state index contributed by atoms with van der Waals surface area (Å²) < 4.78 is 11.8. The Balaban J connectivity index is 1.76. The van der Waals surface area contributed by atoms with Crippen molar-refractivity contribution in [2.24, 2.45) is 5.41 Å². The molecule has 3 nitrogen and oxygen atoms in total. The van der Waals surface area contributed by atoms with E-state index in [9.17, 15) is 4.79 Å². The standard InChI is InChI=1S/C26H24O3/c1-26(2)14-21(27)24-22(15-26)29-25-19-7-5-4-6-16(19)10-13-20(25)23(24)17-8-11-18(28-3)12-9-17/h4-13,23H,14-15H2,1-3H3. The van der Waals surface area contributed by atoms with Crippen molar-refractivity contribution < 1.29 is 14.3 Å². The van der Waals surface area contributed by atoms with Gasteiger partial charge in [-0.25, -0.2) is 0 Å². The van der Waals surface area contributed by atoms with E-state index >= 15 is 0 Å². The van der Waals surface area contributed by atoms with Gasteiger partial charge in [0.2, 0.25) is 0 Å². The van der Waals surface area contributed by atoms with Gasteiger partial charge in [0.1, 0.15) is 17.3 Å². The first kappa shape index (κ1) is 18.0. The Morgan fingerprint density at radius 2 is 1.72 bits per heavy atom. The second-order valence-electron chi connectivity index (χ2n) is 8.79. The van der Waals surface area contributed by atoms with E-state index in [0.717, 1.165) is 51.2 Å². The monoisotopic (exact) mass is 384 g/mol. The van der Waals surface area contributed by atoms with Crippen LogP contribution in [0.1, 0.15) is 43.7 Å². The fourth-order valence-electron chi connectivity index (χ4n) is 4.71. The van der Waals surface area contributed by atoms with Gasteiger partial charge in [-0.3, -0.25) is 4.79 Å². The smallest absolute Gasteiger partial charge is 0.163 e. The summed E-state index contributed by atoms with van der Waals surface area (Å²) >= 11 is 0. The molecule has 1 atom stereocenters. The molecule has 1 aliphatic heterocycles. The number of ketones is 1. The van der Waals surface area contributed by atoms with E-state index < -0.39 is 0 Å². The molecule has 3 aromatic carbocycles. The fourth-order valence-corrected chi connectivity index (χ4v) is 4.71. The average molecular weight is 384 g/mol. The molecule has 1 heterocycles. The van der Waals surface area contributed by atoms with Gasteiger partial charge in [-0.05, 0) is 28.5 Å². The van der Waals surface area contributed by atoms with Crippen LogP contribution in [0.25, 0.3) is 10.8 Å². The van der Waals surface area contributed by atoms with Crippen molar-refractivity contribution in [1.29, 1.82) is 0 Å². The van der Waals surface area contributed by atoms with Gasteiger partial charge in [0, 0.05) is 35.3 Å². The number of allylic oxidation sites excluding steroid dienone is 2. The highest BCUT2D eigenvalue weighted by Crippen LogP contribution is 2.51. The van der Waals surface area contributed by atoms with Gasteiger partial charge in [0.05, 0.1) is 7.11 Å². The van der Waals surface area contributed by atoms with Crippen molar-refractivity contribution in [3.05, 3.63) is 83.1 Å². The van der Waals surface area contributed by atoms with Crippen molar-refractivity contribution in [3.8, 4) is 11.5 Å². The van der Waals surface area contributed by atoms with Gasteiger partial charge < -0.3 is 9.47 Å². The van der Waals surface area contributed by atoms with Crippen LogP contribution >= 0.6 is 0 Å². The van der Waals surface area contributed by atoms with Gasteiger partial charge in [-0.1, -0.05) is 62.4 Å². The van der Waals surface area contributed by atoms with Crippen LogP contribution < -0.4 is 9.47 Å². The lowest BCUT2D eigenvalue weighted by atomic mass is 9.70. The number of hydrogen-bond acceptors (Lipinski definition) is 3. The summed E-state index contributed by atoms with van der Waals surface area (Å²) in [5.41, 5.74) is 2.87. The third-order valence-corrected chi connectivity index (χ3v) is 6.06. The summed E-state index contributed by atoms with van der Waals surface area (Å²) in [6, 6.07) is 20.6. The highest BCUT2D eigenvalue weighted by molar-refractivity contribution is 6.01. The number of Topliss-reactive ketones (excluding diaryl/α,β-unsaturated/α-hetero) is 1. The lowest BCUT2D eigenvalue weighted by Crippen LogP contribution is -2.32. The maximum absolute atomic E-state index is 13.3. The van der Waals surface area contributed by atoms with Crippen LogP contribution in [0.3, 0.4) is 0 Å². The zero-order valence-corrected chi connectivity index (χ0v) is 17.0. The summed E-state index contributed by atoms with van der Waals surface area (Å²) in [6.07, 6.45) is 1.31. The van der Waals surface area contributed by atoms with Gasteiger partial charge in [0.25, 0.3) is 0 Å². The molecule has 1 aliphatic carbocycles. The SMILES string of the molecule is COc1ccc(C2C3=C(CC(C)(C)CC3=O)Oc3c2ccc2ccccc32)cc1. The topological polar surface area (TPSA) is 35.5 Å². The molecule has 0 aromatic heterocycles. The van der Waals surface area contributed by atoms with Crippen molar-refractivity contribution in [3.63, 3.8) is 0 Å². The molecule has 2 aliphatic rings. The van der Waals surface area contributed by atoms with Crippen molar-refractivity contribution >= 4 is 16.6 Å². The van der Waals surface area contributed by atoms with Crippen LogP contribution in [0.5, 0.6) is 11.5 Å². The second-order valence-corrected chi connectivity index (χ2v) is 8.79. The quantitative estimate of drug-likeness (QED) is 0.542. The minimum Gasteiger partial charge on any atom is -0.497 e. The normalized spacial score (nSPS) is 20.1.